The third-order valence-corrected chi connectivity index (χ3v) is 4.30. The number of benzene rings is 2. The molecule has 2 aromatic carbocycles. The first kappa shape index (κ1) is 15.3. The molecule has 0 atom stereocenters. The molecule has 0 saturated heterocycles. The first-order valence-corrected chi connectivity index (χ1v) is 8.10. The standard InChI is InChI=1S/C20H16FN3O/c21-16-6-2-3-7-17(16)23-20(25)18-13-15(9-11-22-18)24-12-10-14-5-1-4-8-19(14)24/h1-9,11,13H,10,12H2,(H,23,25). The van der Waals surface area contributed by atoms with Crippen LogP contribution in [0, 0.1) is 5.82 Å². The van der Waals surface area contributed by atoms with Gasteiger partial charge in [0.25, 0.3) is 5.91 Å². The maximum Gasteiger partial charge on any atom is 0.274 e. The summed E-state index contributed by atoms with van der Waals surface area (Å²) in [5.41, 5.74) is 3.74. The number of rotatable bonds is 3. The molecule has 1 aromatic heterocycles. The Bertz CT molecular complexity index is 941. The fourth-order valence-electron chi connectivity index (χ4n) is 3.07. The van der Waals surface area contributed by atoms with Crippen molar-refractivity contribution < 1.29 is 9.18 Å². The lowest BCUT2D eigenvalue weighted by Gasteiger charge is -2.19. The van der Waals surface area contributed by atoms with Crippen molar-refractivity contribution in [1.29, 1.82) is 0 Å². The number of carbonyl (C=O) groups excluding carboxylic acids is 1. The molecule has 0 saturated carbocycles. The average molecular weight is 333 g/mol. The molecule has 0 fully saturated rings. The van der Waals surface area contributed by atoms with E-state index in [2.05, 4.69) is 27.3 Å². The Morgan fingerprint density at radius 3 is 2.76 bits per heavy atom. The van der Waals surface area contributed by atoms with Crippen LogP contribution in [0.4, 0.5) is 21.5 Å². The lowest BCUT2D eigenvalue weighted by atomic mass is 10.2. The van der Waals surface area contributed by atoms with Gasteiger partial charge in [-0.3, -0.25) is 9.78 Å². The Morgan fingerprint density at radius 1 is 1.08 bits per heavy atom. The number of carbonyl (C=O) groups is 1. The van der Waals surface area contributed by atoms with Crippen LogP contribution in [0.15, 0.2) is 66.9 Å². The number of hydrogen-bond donors (Lipinski definition) is 1. The fraction of sp³-hybridized carbons (Fsp3) is 0.100. The maximum atomic E-state index is 13.7. The van der Waals surface area contributed by atoms with Crippen LogP contribution in [0.5, 0.6) is 0 Å². The van der Waals surface area contributed by atoms with Crippen molar-refractivity contribution in [1.82, 2.24) is 4.98 Å². The molecular formula is C20H16FN3O. The minimum Gasteiger partial charge on any atom is -0.341 e. The van der Waals surface area contributed by atoms with Crippen LogP contribution in [0.2, 0.25) is 0 Å². The summed E-state index contributed by atoms with van der Waals surface area (Å²) >= 11 is 0. The van der Waals surface area contributed by atoms with Crippen molar-refractivity contribution in [2.45, 2.75) is 6.42 Å². The molecule has 1 aliphatic rings. The molecule has 124 valence electrons. The highest BCUT2D eigenvalue weighted by molar-refractivity contribution is 6.03. The highest BCUT2D eigenvalue weighted by atomic mass is 19.1. The van der Waals surface area contributed by atoms with E-state index in [1.165, 1.54) is 17.7 Å². The van der Waals surface area contributed by atoms with Crippen molar-refractivity contribution in [2.75, 3.05) is 16.8 Å². The smallest absolute Gasteiger partial charge is 0.274 e. The summed E-state index contributed by atoms with van der Waals surface area (Å²) in [4.78, 5) is 18.7. The predicted octanol–water partition coefficient (Wildman–Crippen LogP) is 4.17. The number of fused-ring (bicyclic) bond motifs is 1. The van der Waals surface area contributed by atoms with Gasteiger partial charge in [0, 0.05) is 24.1 Å². The SMILES string of the molecule is O=C(Nc1ccccc1F)c1cc(N2CCc3ccccc32)ccn1. The summed E-state index contributed by atoms with van der Waals surface area (Å²) in [7, 11) is 0. The quantitative estimate of drug-likeness (QED) is 0.782. The van der Waals surface area contributed by atoms with E-state index in [9.17, 15) is 9.18 Å². The van der Waals surface area contributed by atoms with Crippen molar-refractivity contribution in [3.8, 4) is 0 Å². The van der Waals surface area contributed by atoms with Gasteiger partial charge in [-0.25, -0.2) is 4.39 Å². The summed E-state index contributed by atoms with van der Waals surface area (Å²) in [6.45, 7) is 0.859. The van der Waals surface area contributed by atoms with Gasteiger partial charge in [-0.2, -0.15) is 0 Å². The molecule has 1 N–H and O–H groups in total. The van der Waals surface area contributed by atoms with E-state index in [0.29, 0.717) is 0 Å². The largest absolute Gasteiger partial charge is 0.341 e. The van der Waals surface area contributed by atoms with Gasteiger partial charge in [0.15, 0.2) is 0 Å². The van der Waals surface area contributed by atoms with E-state index < -0.39 is 11.7 Å². The van der Waals surface area contributed by atoms with Crippen molar-refractivity contribution in [3.05, 3.63) is 83.9 Å². The highest BCUT2D eigenvalue weighted by Crippen LogP contribution is 2.34. The second-order valence-electron chi connectivity index (χ2n) is 5.86. The number of nitrogens with zero attached hydrogens (tertiary/aromatic N) is 2. The van der Waals surface area contributed by atoms with Gasteiger partial charge in [0.2, 0.25) is 0 Å². The summed E-state index contributed by atoms with van der Waals surface area (Å²) in [6, 6.07) is 17.9. The molecule has 3 aromatic rings. The molecule has 0 spiro atoms. The number of anilines is 3. The molecular weight excluding hydrogens is 317 g/mol. The molecule has 1 aliphatic heterocycles. The summed E-state index contributed by atoms with van der Waals surface area (Å²) in [6.07, 6.45) is 2.57. The first-order chi connectivity index (χ1) is 12.2. The lowest BCUT2D eigenvalue weighted by molar-refractivity contribution is 0.102. The summed E-state index contributed by atoms with van der Waals surface area (Å²) < 4.78 is 13.7. The number of aromatic nitrogens is 1. The third kappa shape index (κ3) is 2.96. The number of pyridine rings is 1. The molecule has 2 heterocycles. The van der Waals surface area contributed by atoms with Gasteiger partial charge in [0.1, 0.15) is 11.5 Å². The number of hydrogen-bond acceptors (Lipinski definition) is 3. The van der Waals surface area contributed by atoms with Crippen LogP contribution < -0.4 is 10.2 Å². The van der Waals surface area contributed by atoms with Crippen molar-refractivity contribution in [2.24, 2.45) is 0 Å². The monoisotopic (exact) mass is 333 g/mol. The number of nitrogens with one attached hydrogen (secondary N) is 1. The average Bonchev–Trinajstić information content (AvgIpc) is 3.08. The second kappa shape index (κ2) is 6.36. The Morgan fingerprint density at radius 2 is 1.88 bits per heavy atom. The van der Waals surface area contributed by atoms with E-state index in [1.54, 1.807) is 24.4 Å². The molecule has 25 heavy (non-hydrogen) atoms. The molecule has 0 aliphatic carbocycles. The maximum absolute atomic E-state index is 13.7. The molecule has 0 bridgehead atoms. The van der Waals surface area contributed by atoms with Crippen LogP contribution in [-0.2, 0) is 6.42 Å². The van der Waals surface area contributed by atoms with Gasteiger partial charge in [0.05, 0.1) is 5.69 Å². The molecule has 5 heteroatoms. The van der Waals surface area contributed by atoms with Gasteiger partial charge >= 0.3 is 0 Å². The molecule has 4 rings (SSSR count). The fourth-order valence-corrected chi connectivity index (χ4v) is 3.07. The Balaban J connectivity index is 1.60. The summed E-state index contributed by atoms with van der Waals surface area (Å²) in [5.74, 6) is -0.903. The number of amides is 1. The van der Waals surface area contributed by atoms with E-state index in [0.717, 1.165) is 24.3 Å². The molecule has 0 radical (unpaired) electrons. The zero-order valence-electron chi connectivity index (χ0n) is 13.4. The zero-order chi connectivity index (χ0) is 17.2. The van der Waals surface area contributed by atoms with Crippen molar-refractivity contribution >= 4 is 23.0 Å². The predicted molar refractivity (Wildman–Crippen MR) is 95.7 cm³/mol. The van der Waals surface area contributed by atoms with Gasteiger partial charge in [-0.1, -0.05) is 30.3 Å². The van der Waals surface area contributed by atoms with Crippen molar-refractivity contribution in [3.63, 3.8) is 0 Å². The van der Waals surface area contributed by atoms with Gasteiger partial charge in [-0.15, -0.1) is 0 Å². The van der Waals surface area contributed by atoms with Crippen LogP contribution in [-0.4, -0.2) is 17.4 Å². The van der Waals surface area contributed by atoms with E-state index in [1.807, 2.05) is 18.2 Å². The van der Waals surface area contributed by atoms with Gasteiger partial charge in [-0.05, 0) is 42.3 Å². The minimum atomic E-state index is -0.472. The Hall–Kier alpha value is -3.21. The third-order valence-electron chi connectivity index (χ3n) is 4.30. The number of halogens is 1. The Labute approximate surface area is 144 Å². The van der Waals surface area contributed by atoms with E-state index >= 15 is 0 Å². The van der Waals surface area contributed by atoms with E-state index in [-0.39, 0.29) is 11.4 Å². The topological polar surface area (TPSA) is 45.2 Å². The highest BCUT2D eigenvalue weighted by Gasteiger charge is 2.21. The van der Waals surface area contributed by atoms with Crippen LogP contribution in [0.25, 0.3) is 0 Å². The molecule has 0 unspecified atom stereocenters. The zero-order valence-corrected chi connectivity index (χ0v) is 13.4. The Kier molecular flexibility index (Phi) is 3.90. The lowest BCUT2D eigenvalue weighted by Crippen LogP contribution is -2.17. The van der Waals surface area contributed by atoms with Crippen LogP contribution in [0.1, 0.15) is 16.1 Å². The molecule has 4 nitrogen and oxygen atoms in total. The summed E-state index contributed by atoms with van der Waals surface area (Å²) in [5, 5.41) is 2.57. The van der Waals surface area contributed by atoms with Crippen LogP contribution >= 0.6 is 0 Å². The van der Waals surface area contributed by atoms with Gasteiger partial charge < -0.3 is 10.2 Å². The normalized spacial score (nSPS) is 12.8. The first-order valence-electron chi connectivity index (χ1n) is 8.10. The number of para-hydroxylation sites is 2. The minimum absolute atomic E-state index is 0.145. The molecule has 1 amide bonds. The second-order valence-corrected chi connectivity index (χ2v) is 5.86. The van der Waals surface area contributed by atoms with E-state index in [4.69, 9.17) is 0 Å². The van der Waals surface area contributed by atoms with Crippen LogP contribution in [0.3, 0.4) is 0 Å².